The van der Waals surface area contributed by atoms with Crippen molar-refractivity contribution < 1.29 is 40.3 Å². The van der Waals surface area contributed by atoms with Crippen molar-refractivity contribution in [1.29, 1.82) is 0 Å². The first-order valence-electron chi connectivity index (χ1n) is 12.1. The lowest BCUT2D eigenvalue weighted by molar-refractivity contribution is -0.137. The zero-order valence-electron chi connectivity index (χ0n) is 21.0. The Morgan fingerprint density at radius 1 is 1.03 bits per heavy atom. The Balaban J connectivity index is 1.92. The number of carbonyl (C=O) groups excluding carboxylic acids is 1. The number of hydrogen-bond acceptors (Lipinski definition) is 7. The summed E-state index contributed by atoms with van der Waals surface area (Å²) in [5, 5.41) is 9.37. The molecule has 1 N–H and O–H groups in total. The van der Waals surface area contributed by atoms with Crippen LogP contribution in [-0.4, -0.2) is 45.6 Å². The number of pyridine rings is 1. The summed E-state index contributed by atoms with van der Waals surface area (Å²) in [4.78, 5) is 18.2. The fourth-order valence-electron chi connectivity index (χ4n) is 4.54. The Bertz CT molecular complexity index is 1220. The summed E-state index contributed by atoms with van der Waals surface area (Å²) >= 11 is 0. The quantitative estimate of drug-likeness (QED) is 0.385. The van der Waals surface area contributed by atoms with Crippen LogP contribution in [0.3, 0.4) is 0 Å². The third kappa shape index (κ3) is 6.21. The van der Waals surface area contributed by atoms with Gasteiger partial charge in [-0.3, -0.25) is 5.32 Å². The Kier molecular flexibility index (Phi) is 7.36. The number of fused-ring (bicyclic) bond motifs is 7. The largest absolute Gasteiger partial charge is 0.444 e. The number of alkyl halides is 6. The van der Waals surface area contributed by atoms with Gasteiger partial charge in [-0.1, -0.05) is 12.5 Å². The van der Waals surface area contributed by atoms with E-state index in [9.17, 15) is 31.1 Å². The van der Waals surface area contributed by atoms with Gasteiger partial charge in [0.1, 0.15) is 22.6 Å². The molecule has 1 saturated heterocycles. The molecular formula is C24H27F6N5O3. The van der Waals surface area contributed by atoms with Crippen LogP contribution in [0.1, 0.15) is 70.8 Å². The lowest BCUT2D eigenvalue weighted by Gasteiger charge is -2.29. The lowest BCUT2D eigenvalue weighted by Crippen LogP contribution is -2.32. The normalized spacial score (nSPS) is 20.3. The second kappa shape index (κ2) is 10.1. The molecule has 1 atom stereocenters. The molecule has 38 heavy (non-hydrogen) atoms. The number of rotatable bonds is 1. The molecule has 0 spiro atoms. The molecule has 2 aromatic rings. The van der Waals surface area contributed by atoms with E-state index in [-0.39, 0.29) is 12.5 Å². The Labute approximate surface area is 214 Å². The summed E-state index contributed by atoms with van der Waals surface area (Å²) in [6.45, 7) is 4.99. The monoisotopic (exact) mass is 547 g/mol. The van der Waals surface area contributed by atoms with Crippen molar-refractivity contribution in [3.8, 4) is 11.6 Å². The van der Waals surface area contributed by atoms with E-state index in [2.05, 4.69) is 20.5 Å². The van der Waals surface area contributed by atoms with E-state index in [0.717, 1.165) is 6.08 Å². The number of carbonyl (C=O) groups is 1. The van der Waals surface area contributed by atoms with E-state index < -0.39 is 64.2 Å². The maximum absolute atomic E-state index is 14.3. The van der Waals surface area contributed by atoms with E-state index in [1.54, 1.807) is 25.7 Å². The zero-order chi connectivity index (χ0) is 27.9. The lowest BCUT2D eigenvalue weighted by atomic mass is 10.0. The van der Waals surface area contributed by atoms with Crippen LogP contribution in [0.5, 0.6) is 0 Å². The predicted octanol–water partition coefficient (Wildman–Crippen LogP) is 6.99. The van der Waals surface area contributed by atoms with Crippen molar-refractivity contribution in [2.45, 2.75) is 83.3 Å². The van der Waals surface area contributed by atoms with Crippen LogP contribution in [-0.2, 0) is 10.9 Å². The summed E-state index contributed by atoms with van der Waals surface area (Å²) in [5.74, 6) is -1.84. The van der Waals surface area contributed by atoms with Crippen molar-refractivity contribution in [2.75, 3.05) is 16.8 Å². The Morgan fingerprint density at radius 2 is 1.71 bits per heavy atom. The maximum atomic E-state index is 14.3. The highest BCUT2D eigenvalue weighted by atomic mass is 19.4. The van der Waals surface area contributed by atoms with Crippen molar-refractivity contribution in [1.82, 2.24) is 15.2 Å². The van der Waals surface area contributed by atoms with Crippen molar-refractivity contribution in [3.63, 3.8) is 0 Å². The third-order valence-corrected chi connectivity index (χ3v) is 6.10. The molecule has 8 nitrogen and oxygen atoms in total. The molecular weight excluding hydrogens is 520 g/mol. The number of nitrogens with zero attached hydrogens (tertiary/aromatic N) is 4. The van der Waals surface area contributed by atoms with E-state index in [4.69, 9.17) is 9.15 Å². The van der Waals surface area contributed by atoms with Gasteiger partial charge in [0.05, 0.1) is 5.69 Å². The second-order valence-corrected chi connectivity index (χ2v) is 10.2. The minimum absolute atomic E-state index is 0.0715. The van der Waals surface area contributed by atoms with Crippen LogP contribution in [0, 0.1) is 0 Å². The number of halogens is 6. The van der Waals surface area contributed by atoms with Gasteiger partial charge in [-0.15, -0.1) is 10.2 Å². The summed E-state index contributed by atoms with van der Waals surface area (Å²) in [6, 6.07) is 0.390. The fraction of sp³-hybridized carbons (Fsp3) is 0.583. The minimum Gasteiger partial charge on any atom is -0.444 e. The molecule has 14 heteroatoms. The first kappa shape index (κ1) is 27.7. The van der Waals surface area contributed by atoms with Crippen LogP contribution in [0.15, 0.2) is 16.6 Å². The molecule has 208 valence electrons. The second-order valence-electron chi connectivity index (χ2n) is 10.2. The van der Waals surface area contributed by atoms with Crippen molar-refractivity contribution in [3.05, 3.63) is 23.6 Å². The molecule has 2 aliphatic rings. The molecule has 0 unspecified atom stereocenters. The van der Waals surface area contributed by atoms with Gasteiger partial charge >= 0.3 is 18.4 Å². The van der Waals surface area contributed by atoms with Crippen LogP contribution in [0.2, 0.25) is 0 Å². The van der Waals surface area contributed by atoms with Gasteiger partial charge in [0.15, 0.2) is 5.69 Å². The Hall–Kier alpha value is -3.32. The Morgan fingerprint density at radius 3 is 2.37 bits per heavy atom. The fourth-order valence-corrected chi connectivity index (χ4v) is 4.54. The van der Waals surface area contributed by atoms with Gasteiger partial charge in [-0.2, -0.15) is 26.3 Å². The number of hydrogen-bond donors (Lipinski definition) is 1. The van der Waals surface area contributed by atoms with Crippen LogP contribution in [0.25, 0.3) is 17.2 Å². The molecule has 1 fully saturated rings. The van der Waals surface area contributed by atoms with Crippen LogP contribution in [0.4, 0.5) is 42.6 Å². The molecule has 1 amide bonds. The first-order valence-corrected chi connectivity index (χ1v) is 12.1. The predicted molar refractivity (Wildman–Crippen MR) is 125 cm³/mol. The van der Waals surface area contributed by atoms with Gasteiger partial charge in [0.25, 0.3) is 11.8 Å². The van der Waals surface area contributed by atoms with Gasteiger partial charge in [-0.05, 0) is 58.9 Å². The summed E-state index contributed by atoms with van der Waals surface area (Å²) in [5.41, 5.74) is -4.13. The third-order valence-electron chi connectivity index (χ3n) is 6.10. The van der Waals surface area contributed by atoms with E-state index in [1.165, 1.54) is 0 Å². The number of amides is 1. The minimum atomic E-state index is -4.85. The smallest absolute Gasteiger partial charge is 0.421 e. The number of ether oxygens (including phenoxy) is 1. The number of nitrogens with one attached hydrogen (secondary N) is 1. The van der Waals surface area contributed by atoms with Crippen molar-refractivity contribution >= 4 is 23.2 Å². The summed E-state index contributed by atoms with van der Waals surface area (Å²) in [7, 11) is 0. The molecule has 4 rings (SSSR count). The SMILES string of the molecule is CC(C)(C)OC(=O)Nc1cc(C(F)(F)F)c2nc1-c1nnc(o1)/C(C(F)(F)F)=C\CCCC[C@@H]1CCCN21. The molecule has 4 bridgehead atoms. The first-order chi connectivity index (χ1) is 17.6. The molecule has 0 saturated carbocycles. The number of anilines is 2. The number of allylic oxidation sites excluding steroid dienone is 2. The molecule has 0 aromatic carbocycles. The molecule has 0 radical (unpaired) electrons. The maximum Gasteiger partial charge on any atom is 0.421 e. The van der Waals surface area contributed by atoms with Crippen molar-refractivity contribution in [2.24, 2.45) is 0 Å². The van der Waals surface area contributed by atoms with E-state index in [0.29, 0.717) is 44.7 Å². The van der Waals surface area contributed by atoms with E-state index >= 15 is 0 Å². The highest BCUT2D eigenvalue weighted by molar-refractivity contribution is 5.90. The van der Waals surface area contributed by atoms with Crippen LogP contribution >= 0.6 is 0 Å². The molecule has 0 aliphatic carbocycles. The van der Waals surface area contributed by atoms with Gasteiger partial charge in [0.2, 0.25) is 0 Å². The van der Waals surface area contributed by atoms with E-state index in [1.807, 2.05) is 0 Å². The van der Waals surface area contributed by atoms with Crippen LogP contribution < -0.4 is 10.2 Å². The molecule has 2 aromatic heterocycles. The average molecular weight is 548 g/mol. The topological polar surface area (TPSA) is 93.4 Å². The highest BCUT2D eigenvalue weighted by Crippen LogP contribution is 2.43. The highest BCUT2D eigenvalue weighted by Gasteiger charge is 2.42. The number of aromatic nitrogens is 3. The summed E-state index contributed by atoms with van der Waals surface area (Å²) in [6.07, 6.45) is -7.08. The standard InChI is InChI=1S/C24H27F6N5O3/c1-22(2,3)38-21(36)31-16-12-15(24(28,29)30)18-32-17(16)20-34-33-19(37-20)14(23(25,26)27)10-6-4-5-8-13-9-7-11-35(13)18/h10,12-13H,4-9,11H2,1-3H3,(H,31,36)/b14-10+/t13-/m1/s1. The zero-order valence-corrected chi connectivity index (χ0v) is 21.0. The van der Waals surface area contributed by atoms with Gasteiger partial charge in [-0.25, -0.2) is 9.78 Å². The summed E-state index contributed by atoms with van der Waals surface area (Å²) < 4.78 is 94.5. The molecule has 4 heterocycles. The molecule has 2 aliphatic heterocycles. The van der Waals surface area contributed by atoms with Gasteiger partial charge < -0.3 is 14.1 Å². The average Bonchev–Trinajstić information content (AvgIpc) is 3.42. The van der Waals surface area contributed by atoms with Gasteiger partial charge in [0, 0.05) is 12.6 Å².